The van der Waals surface area contributed by atoms with E-state index < -0.39 is 0 Å². The fraction of sp³-hybridized carbons (Fsp3) is 0.333. The molecule has 2 N–H and O–H groups in total. The van der Waals surface area contributed by atoms with E-state index in [9.17, 15) is 4.79 Å². The van der Waals surface area contributed by atoms with Gasteiger partial charge in [-0.3, -0.25) is 9.78 Å². The van der Waals surface area contributed by atoms with Crippen LogP contribution in [0.4, 0.5) is 11.5 Å². The molecule has 2 heterocycles. The zero-order valence-electron chi connectivity index (χ0n) is 15.4. The van der Waals surface area contributed by atoms with Gasteiger partial charge in [0, 0.05) is 23.7 Å². The standard InChI is InChI=1S/C21H23N5O/c1-14-23-18(13-19(24-14)25-16-9-3-2-4-10-16)21(27)26-17-11-5-7-15-8-6-12-22-20(15)17/h5-8,11-13,16H,2-4,9-10H2,1H3,(H,26,27)(H,23,24,25). The summed E-state index contributed by atoms with van der Waals surface area (Å²) >= 11 is 0. The highest BCUT2D eigenvalue weighted by molar-refractivity contribution is 6.07. The van der Waals surface area contributed by atoms with E-state index in [1.807, 2.05) is 37.3 Å². The Morgan fingerprint density at radius 1 is 1.07 bits per heavy atom. The Bertz CT molecular complexity index is 960. The molecule has 4 rings (SSSR count). The second-order valence-electron chi connectivity index (χ2n) is 7.00. The summed E-state index contributed by atoms with van der Waals surface area (Å²) in [5.74, 6) is 1.04. The predicted molar refractivity (Wildman–Crippen MR) is 107 cm³/mol. The Balaban J connectivity index is 1.56. The minimum Gasteiger partial charge on any atom is -0.367 e. The molecule has 6 nitrogen and oxygen atoms in total. The highest BCUT2D eigenvalue weighted by Gasteiger charge is 2.16. The monoisotopic (exact) mass is 361 g/mol. The molecule has 1 fully saturated rings. The van der Waals surface area contributed by atoms with Crippen LogP contribution >= 0.6 is 0 Å². The smallest absolute Gasteiger partial charge is 0.274 e. The number of benzene rings is 1. The third-order valence-corrected chi connectivity index (χ3v) is 4.91. The van der Waals surface area contributed by atoms with Gasteiger partial charge in [-0.1, -0.05) is 37.5 Å². The number of aromatic nitrogens is 3. The normalized spacial score (nSPS) is 14.9. The maximum Gasteiger partial charge on any atom is 0.274 e. The van der Waals surface area contributed by atoms with Crippen molar-refractivity contribution in [2.45, 2.75) is 45.1 Å². The Hall–Kier alpha value is -3.02. The van der Waals surface area contributed by atoms with Gasteiger partial charge in [0.1, 0.15) is 17.3 Å². The second kappa shape index (κ2) is 7.70. The van der Waals surface area contributed by atoms with Gasteiger partial charge >= 0.3 is 0 Å². The quantitative estimate of drug-likeness (QED) is 0.723. The van der Waals surface area contributed by atoms with E-state index in [-0.39, 0.29) is 5.91 Å². The lowest BCUT2D eigenvalue weighted by Crippen LogP contribution is -2.24. The van der Waals surface area contributed by atoms with Gasteiger partial charge in [-0.25, -0.2) is 9.97 Å². The number of aryl methyl sites for hydroxylation is 1. The number of nitrogens with one attached hydrogen (secondary N) is 2. The van der Waals surface area contributed by atoms with Crippen molar-refractivity contribution in [2.75, 3.05) is 10.6 Å². The Kier molecular flexibility index (Phi) is 4.96. The summed E-state index contributed by atoms with van der Waals surface area (Å²) in [4.78, 5) is 26.0. The summed E-state index contributed by atoms with van der Waals surface area (Å²) in [6, 6.07) is 11.7. The maximum atomic E-state index is 12.8. The Morgan fingerprint density at radius 2 is 1.89 bits per heavy atom. The highest BCUT2D eigenvalue weighted by Crippen LogP contribution is 2.23. The fourth-order valence-corrected chi connectivity index (χ4v) is 3.61. The van der Waals surface area contributed by atoms with Crippen LogP contribution < -0.4 is 10.6 Å². The Labute approximate surface area is 158 Å². The van der Waals surface area contributed by atoms with E-state index in [1.165, 1.54) is 19.3 Å². The van der Waals surface area contributed by atoms with Crippen LogP contribution in [0.2, 0.25) is 0 Å². The number of amides is 1. The molecule has 1 aromatic carbocycles. The number of fused-ring (bicyclic) bond motifs is 1. The minimum absolute atomic E-state index is 0.259. The van der Waals surface area contributed by atoms with Crippen LogP contribution in [0.1, 0.15) is 48.4 Å². The number of hydrogen-bond donors (Lipinski definition) is 2. The van der Waals surface area contributed by atoms with Gasteiger partial charge in [0.2, 0.25) is 0 Å². The first-order valence-electron chi connectivity index (χ1n) is 9.46. The topological polar surface area (TPSA) is 79.8 Å². The average molecular weight is 361 g/mol. The molecule has 0 saturated heterocycles. The zero-order valence-corrected chi connectivity index (χ0v) is 15.4. The number of nitrogens with zero attached hydrogens (tertiary/aromatic N) is 3. The average Bonchev–Trinajstić information content (AvgIpc) is 2.68. The molecule has 0 unspecified atom stereocenters. The molecule has 1 saturated carbocycles. The van der Waals surface area contributed by atoms with Gasteiger partial charge in [-0.05, 0) is 31.9 Å². The molecule has 1 aliphatic carbocycles. The number of carbonyl (C=O) groups excluding carboxylic acids is 1. The predicted octanol–water partition coefficient (Wildman–Crippen LogP) is 4.33. The number of rotatable bonds is 4. The third-order valence-electron chi connectivity index (χ3n) is 4.91. The molecule has 0 spiro atoms. The molecule has 6 heteroatoms. The zero-order chi connectivity index (χ0) is 18.6. The molecular weight excluding hydrogens is 338 g/mol. The van der Waals surface area contributed by atoms with Gasteiger partial charge in [-0.15, -0.1) is 0 Å². The van der Waals surface area contributed by atoms with Crippen molar-refractivity contribution in [1.82, 2.24) is 15.0 Å². The fourth-order valence-electron chi connectivity index (χ4n) is 3.61. The van der Waals surface area contributed by atoms with Crippen LogP contribution in [-0.2, 0) is 0 Å². The minimum atomic E-state index is -0.259. The maximum absolute atomic E-state index is 12.8. The van der Waals surface area contributed by atoms with E-state index in [0.29, 0.717) is 23.2 Å². The lowest BCUT2D eigenvalue weighted by molar-refractivity contribution is 0.102. The third kappa shape index (κ3) is 4.05. The van der Waals surface area contributed by atoms with Crippen LogP contribution in [-0.4, -0.2) is 26.9 Å². The van der Waals surface area contributed by atoms with E-state index in [4.69, 9.17) is 0 Å². The first kappa shape index (κ1) is 17.4. The summed E-state index contributed by atoms with van der Waals surface area (Å²) in [6.45, 7) is 1.81. The van der Waals surface area contributed by atoms with E-state index in [1.54, 1.807) is 12.3 Å². The number of anilines is 2. The van der Waals surface area contributed by atoms with Gasteiger partial charge in [0.05, 0.1) is 11.2 Å². The molecule has 1 aliphatic rings. The van der Waals surface area contributed by atoms with Crippen LogP contribution in [0, 0.1) is 6.92 Å². The van der Waals surface area contributed by atoms with Crippen LogP contribution in [0.3, 0.4) is 0 Å². The summed E-state index contributed by atoms with van der Waals surface area (Å²) < 4.78 is 0. The SMILES string of the molecule is Cc1nc(NC2CCCCC2)cc(C(=O)Nc2cccc3cccnc23)n1. The van der Waals surface area contributed by atoms with Crippen LogP contribution in [0.5, 0.6) is 0 Å². The van der Waals surface area contributed by atoms with Gasteiger partial charge < -0.3 is 10.6 Å². The molecule has 3 aromatic rings. The van der Waals surface area contributed by atoms with E-state index >= 15 is 0 Å². The largest absolute Gasteiger partial charge is 0.367 e. The van der Waals surface area contributed by atoms with Crippen molar-refractivity contribution in [3.8, 4) is 0 Å². The van der Waals surface area contributed by atoms with Crippen molar-refractivity contribution in [3.63, 3.8) is 0 Å². The molecular formula is C21H23N5O. The molecule has 1 amide bonds. The molecule has 138 valence electrons. The van der Waals surface area contributed by atoms with Gasteiger partial charge in [0.25, 0.3) is 5.91 Å². The van der Waals surface area contributed by atoms with Crippen molar-refractivity contribution in [1.29, 1.82) is 0 Å². The Morgan fingerprint density at radius 3 is 2.74 bits per heavy atom. The summed E-state index contributed by atoms with van der Waals surface area (Å²) in [5.41, 5.74) is 1.80. The molecule has 27 heavy (non-hydrogen) atoms. The van der Waals surface area contributed by atoms with Crippen molar-refractivity contribution in [2.24, 2.45) is 0 Å². The summed E-state index contributed by atoms with van der Waals surface area (Å²) in [5, 5.41) is 7.39. The number of hydrogen-bond acceptors (Lipinski definition) is 5. The highest BCUT2D eigenvalue weighted by atomic mass is 16.1. The van der Waals surface area contributed by atoms with Crippen LogP contribution in [0.15, 0.2) is 42.6 Å². The number of carbonyl (C=O) groups is 1. The summed E-state index contributed by atoms with van der Waals surface area (Å²) in [7, 11) is 0. The van der Waals surface area contributed by atoms with E-state index in [2.05, 4.69) is 25.6 Å². The molecule has 2 aromatic heterocycles. The second-order valence-corrected chi connectivity index (χ2v) is 7.00. The number of para-hydroxylation sites is 1. The molecule has 0 radical (unpaired) electrons. The number of pyridine rings is 1. The first-order chi connectivity index (χ1) is 13.2. The van der Waals surface area contributed by atoms with Crippen molar-refractivity contribution in [3.05, 3.63) is 54.1 Å². The lowest BCUT2D eigenvalue weighted by Gasteiger charge is -2.23. The van der Waals surface area contributed by atoms with Gasteiger partial charge in [0.15, 0.2) is 0 Å². The van der Waals surface area contributed by atoms with Crippen LogP contribution in [0.25, 0.3) is 10.9 Å². The molecule has 0 aliphatic heterocycles. The molecule has 0 atom stereocenters. The van der Waals surface area contributed by atoms with Gasteiger partial charge in [-0.2, -0.15) is 0 Å². The first-order valence-corrected chi connectivity index (χ1v) is 9.46. The van der Waals surface area contributed by atoms with Crippen molar-refractivity contribution < 1.29 is 4.79 Å². The lowest BCUT2D eigenvalue weighted by atomic mass is 9.95. The molecule has 0 bridgehead atoms. The summed E-state index contributed by atoms with van der Waals surface area (Å²) in [6.07, 6.45) is 7.79. The van der Waals surface area contributed by atoms with E-state index in [0.717, 1.165) is 29.6 Å². The van der Waals surface area contributed by atoms with Crippen molar-refractivity contribution >= 4 is 28.3 Å².